The second kappa shape index (κ2) is 9.10. The number of anilines is 3. The number of carbonyl (C=O) groups excluding carboxylic acids is 2. The molecule has 0 unspecified atom stereocenters. The van der Waals surface area contributed by atoms with Crippen LogP contribution in [0.25, 0.3) is 0 Å². The van der Waals surface area contributed by atoms with Gasteiger partial charge < -0.3 is 20.4 Å². The summed E-state index contributed by atoms with van der Waals surface area (Å²) in [6, 6.07) is 8.94. The molecule has 3 amide bonds. The maximum atomic E-state index is 13.1. The van der Waals surface area contributed by atoms with E-state index in [9.17, 15) is 22.8 Å². The fraction of sp³-hybridized carbons (Fsp3) is 0.391. The number of alkyl halides is 3. The monoisotopic (exact) mass is 446 g/mol. The van der Waals surface area contributed by atoms with Crippen molar-refractivity contribution in [2.24, 2.45) is 0 Å². The van der Waals surface area contributed by atoms with Crippen LogP contribution in [-0.2, 0) is 6.18 Å². The predicted octanol–water partition coefficient (Wildman–Crippen LogP) is 5.19. The van der Waals surface area contributed by atoms with E-state index in [2.05, 4.69) is 15.5 Å². The van der Waals surface area contributed by atoms with Crippen molar-refractivity contribution < 1.29 is 22.8 Å². The van der Waals surface area contributed by atoms with Crippen LogP contribution >= 0.6 is 0 Å². The molecule has 2 N–H and O–H groups in total. The van der Waals surface area contributed by atoms with Crippen molar-refractivity contribution in [3.63, 3.8) is 0 Å². The van der Waals surface area contributed by atoms with Crippen LogP contribution < -0.4 is 15.5 Å². The summed E-state index contributed by atoms with van der Waals surface area (Å²) >= 11 is 0. The van der Waals surface area contributed by atoms with E-state index in [1.165, 1.54) is 12.1 Å². The van der Waals surface area contributed by atoms with Gasteiger partial charge in [0.05, 0.1) is 11.1 Å². The molecule has 4 rings (SSSR count). The van der Waals surface area contributed by atoms with E-state index >= 15 is 0 Å². The standard InChI is InChI=1S/C23H25F3N4O2/c24-23(25,26)16-6-5-7-17(14-16)27-22(32)28-18-8-9-20(29-10-1-2-11-29)19(15-18)21(31)30-12-3-4-13-30/h5-9,14-15H,1-4,10-13H2,(H2,27,28,32). The molecule has 2 aromatic rings. The largest absolute Gasteiger partial charge is 0.416 e. The van der Waals surface area contributed by atoms with Crippen LogP contribution in [0, 0.1) is 0 Å². The van der Waals surface area contributed by atoms with Crippen LogP contribution in [0.1, 0.15) is 41.6 Å². The summed E-state index contributed by atoms with van der Waals surface area (Å²) in [6.45, 7) is 3.18. The summed E-state index contributed by atoms with van der Waals surface area (Å²) in [5.41, 5.74) is 0.969. The van der Waals surface area contributed by atoms with Gasteiger partial charge in [-0.15, -0.1) is 0 Å². The van der Waals surface area contributed by atoms with Gasteiger partial charge in [0.1, 0.15) is 0 Å². The zero-order valence-electron chi connectivity index (χ0n) is 17.5. The van der Waals surface area contributed by atoms with Crippen molar-refractivity contribution in [2.75, 3.05) is 41.7 Å². The molecule has 0 atom stereocenters. The fourth-order valence-electron chi connectivity index (χ4n) is 4.18. The van der Waals surface area contributed by atoms with E-state index in [1.54, 1.807) is 12.1 Å². The molecule has 2 aromatic carbocycles. The van der Waals surface area contributed by atoms with Gasteiger partial charge in [0.15, 0.2) is 0 Å². The maximum Gasteiger partial charge on any atom is 0.416 e. The number of carbonyl (C=O) groups is 2. The van der Waals surface area contributed by atoms with Crippen molar-refractivity contribution in [3.8, 4) is 0 Å². The molecule has 6 nitrogen and oxygen atoms in total. The summed E-state index contributed by atoms with van der Waals surface area (Å²) in [5.74, 6) is -0.0636. The van der Waals surface area contributed by atoms with E-state index in [0.717, 1.165) is 56.6 Å². The van der Waals surface area contributed by atoms with Gasteiger partial charge in [-0.3, -0.25) is 4.79 Å². The van der Waals surface area contributed by atoms with Crippen molar-refractivity contribution in [1.29, 1.82) is 0 Å². The molecule has 0 aromatic heterocycles. The summed E-state index contributed by atoms with van der Waals surface area (Å²) < 4.78 is 38.7. The number of nitrogens with one attached hydrogen (secondary N) is 2. The first-order valence-electron chi connectivity index (χ1n) is 10.7. The number of hydrogen-bond acceptors (Lipinski definition) is 3. The highest BCUT2D eigenvalue weighted by molar-refractivity contribution is 6.04. The number of likely N-dealkylation sites (tertiary alicyclic amines) is 1. The molecule has 2 aliphatic heterocycles. The van der Waals surface area contributed by atoms with Crippen molar-refractivity contribution in [1.82, 2.24) is 4.90 Å². The quantitative estimate of drug-likeness (QED) is 0.680. The zero-order chi connectivity index (χ0) is 22.7. The minimum Gasteiger partial charge on any atom is -0.371 e. The van der Waals surface area contributed by atoms with Gasteiger partial charge in [-0.1, -0.05) is 6.07 Å². The van der Waals surface area contributed by atoms with Crippen LogP contribution in [-0.4, -0.2) is 43.0 Å². The fourth-order valence-corrected chi connectivity index (χ4v) is 4.18. The van der Waals surface area contributed by atoms with Gasteiger partial charge in [-0.25, -0.2) is 4.79 Å². The van der Waals surface area contributed by atoms with E-state index in [0.29, 0.717) is 24.3 Å². The number of rotatable bonds is 4. The number of hydrogen-bond donors (Lipinski definition) is 2. The van der Waals surface area contributed by atoms with Gasteiger partial charge in [0, 0.05) is 43.2 Å². The van der Waals surface area contributed by atoms with E-state index in [1.807, 2.05) is 11.0 Å². The summed E-state index contributed by atoms with van der Waals surface area (Å²) in [5, 5.41) is 5.05. The topological polar surface area (TPSA) is 64.7 Å². The minimum atomic E-state index is -4.50. The first-order valence-corrected chi connectivity index (χ1v) is 10.7. The molecule has 0 saturated carbocycles. The number of amides is 3. The Kier molecular flexibility index (Phi) is 6.25. The van der Waals surface area contributed by atoms with Crippen molar-refractivity contribution in [2.45, 2.75) is 31.9 Å². The Bertz CT molecular complexity index is 997. The molecule has 170 valence electrons. The first kappa shape index (κ1) is 22.0. The lowest BCUT2D eigenvalue weighted by atomic mass is 10.1. The molecular weight excluding hydrogens is 421 g/mol. The third-order valence-corrected chi connectivity index (χ3v) is 5.77. The molecule has 0 bridgehead atoms. The van der Waals surface area contributed by atoms with Crippen molar-refractivity contribution >= 4 is 29.0 Å². The molecular formula is C23H25F3N4O2. The molecule has 2 fully saturated rings. The zero-order valence-corrected chi connectivity index (χ0v) is 17.5. The lowest BCUT2D eigenvalue weighted by Gasteiger charge is -2.24. The van der Waals surface area contributed by atoms with E-state index in [-0.39, 0.29) is 11.6 Å². The highest BCUT2D eigenvalue weighted by Crippen LogP contribution is 2.31. The molecule has 0 aliphatic carbocycles. The number of halogens is 3. The van der Waals surface area contributed by atoms with Gasteiger partial charge in [0.2, 0.25) is 0 Å². The average molecular weight is 446 g/mol. The lowest BCUT2D eigenvalue weighted by Crippen LogP contribution is -2.30. The second-order valence-electron chi connectivity index (χ2n) is 8.08. The Morgan fingerprint density at radius 1 is 0.812 bits per heavy atom. The minimum absolute atomic E-state index is 0.0272. The molecule has 0 radical (unpaired) electrons. The lowest BCUT2D eigenvalue weighted by molar-refractivity contribution is -0.137. The highest BCUT2D eigenvalue weighted by Gasteiger charge is 2.30. The molecule has 32 heavy (non-hydrogen) atoms. The molecule has 2 saturated heterocycles. The van der Waals surface area contributed by atoms with E-state index < -0.39 is 17.8 Å². The third-order valence-electron chi connectivity index (χ3n) is 5.77. The summed E-state index contributed by atoms with van der Waals surface area (Å²) in [6.07, 6.45) is -0.415. The first-order chi connectivity index (χ1) is 15.3. The Labute approximate surface area is 184 Å². The second-order valence-corrected chi connectivity index (χ2v) is 8.08. The average Bonchev–Trinajstić information content (AvgIpc) is 3.47. The Hall–Kier alpha value is -3.23. The molecule has 2 heterocycles. The number of urea groups is 1. The normalized spacial score (nSPS) is 16.3. The molecule has 9 heteroatoms. The molecule has 2 aliphatic rings. The van der Waals surface area contributed by atoms with E-state index in [4.69, 9.17) is 0 Å². The predicted molar refractivity (Wildman–Crippen MR) is 117 cm³/mol. The van der Waals surface area contributed by atoms with Crippen LogP contribution in [0.5, 0.6) is 0 Å². The van der Waals surface area contributed by atoms with Crippen LogP contribution in [0.2, 0.25) is 0 Å². The van der Waals surface area contributed by atoms with Crippen LogP contribution in [0.4, 0.5) is 35.0 Å². The van der Waals surface area contributed by atoms with Gasteiger partial charge in [-0.2, -0.15) is 13.2 Å². The van der Waals surface area contributed by atoms with Crippen LogP contribution in [0.3, 0.4) is 0 Å². The Morgan fingerprint density at radius 2 is 1.44 bits per heavy atom. The Balaban J connectivity index is 1.52. The van der Waals surface area contributed by atoms with Gasteiger partial charge >= 0.3 is 12.2 Å². The Morgan fingerprint density at radius 3 is 2.09 bits per heavy atom. The van der Waals surface area contributed by atoms with Gasteiger partial charge in [-0.05, 0) is 62.1 Å². The highest BCUT2D eigenvalue weighted by atomic mass is 19.4. The number of benzene rings is 2. The van der Waals surface area contributed by atoms with Gasteiger partial charge in [0.25, 0.3) is 5.91 Å². The third kappa shape index (κ3) is 4.98. The summed E-state index contributed by atoms with van der Waals surface area (Å²) in [4.78, 5) is 29.6. The van der Waals surface area contributed by atoms with Crippen molar-refractivity contribution in [3.05, 3.63) is 53.6 Å². The SMILES string of the molecule is O=C(Nc1cccc(C(F)(F)F)c1)Nc1ccc(N2CCCC2)c(C(=O)N2CCCC2)c1. The van der Waals surface area contributed by atoms with Crippen LogP contribution in [0.15, 0.2) is 42.5 Å². The molecule has 0 spiro atoms. The summed E-state index contributed by atoms with van der Waals surface area (Å²) in [7, 11) is 0. The number of nitrogens with zero attached hydrogens (tertiary/aromatic N) is 2. The smallest absolute Gasteiger partial charge is 0.371 e. The maximum absolute atomic E-state index is 13.1.